The second-order valence-electron chi connectivity index (χ2n) is 6.16. The summed E-state index contributed by atoms with van der Waals surface area (Å²) in [6, 6.07) is 19.4. The number of hydrogen-bond donors (Lipinski definition) is 0. The van der Waals surface area contributed by atoms with Gasteiger partial charge in [-0.2, -0.15) is 0 Å². The van der Waals surface area contributed by atoms with E-state index in [-0.39, 0.29) is 28.6 Å². The number of nitro benzene ring substituents is 1. The van der Waals surface area contributed by atoms with Crippen molar-refractivity contribution in [2.24, 2.45) is 0 Å². The van der Waals surface area contributed by atoms with Crippen LogP contribution in [-0.4, -0.2) is 16.5 Å². The molecular formula is C22H13NO5. The Morgan fingerprint density at radius 1 is 0.786 bits per heavy atom. The van der Waals surface area contributed by atoms with E-state index in [2.05, 4.69) is 0 Å². The second-order valence-corrected chi connectivity index (χ2v) is 6.16. The Hall–Kier alpha value is -4.06. The number of para-hydroxylation sites is 2. The van der Waals surface area contributed by atoms with E-state index in [0.717, 1.165) is 0 Å². The SMILES string of the molecule is O=C1C(=Cc2ccc(Oc3ccccc3[N+](=O)[O-])cc2)C(=O)c2ccccc21. The van der Waals surface area contributed by atoms with Crippen LogP contribution in [-0.2, 0) is 0 Å². The maximum Gasteiger partial charge on any atom is 0.311 e. The highest BCUT2D eigenvalue weighted by atomic mass is 16.6. The fraction of sp³-hybridized carbons (Fsp3) is 0. The van der Waals surface area contributed by atoms with Crippen LogP contribution in [0.15, 0.2) is 78.4 Å². The van der Waals surface area contributed by atoms with Crippen molar-refractivity contribution >= 4 is 23.3 Å². The number of fused-ring (bicyclic) bond motifs is 1. The summed E-state index contributed by atoms with van der Waals surface area (Å²) >= 11 is 0. The minimum absolute atomic E-state index is 0.119. The zero-order valence-corrected chi connectivity index (χ0v) is 14.5. The van der Waals surface area contributed by atoms with E-state index in [4.69, 9.17) is 4.74 Å². The average Bonchev–Trinajstić information content (AvgIpc) is 2.95. The van der Waals surface area contributed by atoms with Crippen molar-refractivity contribution in [1.82, 2.24) is 0 Å². The molecule has 1 aliphatic rings. The Labute approximate surface area is 159 Å². The number of rotatable bonds is 4. The van der Waals surface area contributed by atoms with Gasteiger partial charge in [-0.15, -0.1) is 0 Å². The smallest absolute Gasteiger partial charge is 0.311 e. The highest BCUT2D eigenvalue weighted by Crippen LogP contribution is 2.32. The number of carbonyl (C=O) groups excluding carboxylic acids is 2. The Morgan fingerprint density at radius 3 is 1.96 bits per heavy atom. The number of carbonyl (C=O) groups is 2. The summed E-state index contributed by atoms with van der Waals surface area (Å²) in [4.78, 5) is 35.4. The van der Waals surface area contributed by atoms with Crippen molar-refractivity contribution in [1.29, 1.82) is 0 Å². The van der Waals surface area contributed by atoms with Gasteiger partial charge in [0.1, 0.15) is 5.75 Å². The van der Waals surface area contributed by atoms with Crippen LogP contribution in [0.2, 0.25) is 0 Å². The van der Waals surface area contributed by atoms with Crippen LogP contribution in [0.25, 0.3) is 6.08 Å². The predicted molar refractivity (Wildman–Crippen MR) is 103 cm³/mol. The number of Topliss-reactive ketones (excluding diaryl/α,β-unsaturated/α-hetero) is 2. The molecule has 28 heavy (non-hydrogen) atoms. The maximum atomic E-state index is 12.4. The largest absolute Gasteiger partial charge is 0.450 e. The molecule has 0 aromatic heterocycles. The van der Waals surface area contributed by atoms with E-state index in [1.165, 1.54) is 12.1 Å². The van der Waals surface area contributed by atoms with E-state index in [0.29, 0.717) is 22.4 Å². The Bertz CT molecular complexity index is 1110. The number of nitrogens with zero attached hydrogens (tertiary/aromatic N) is 1. The molecule has 0 unspecified atom stereocenters. The summed E-state index contributed by atoms with van der Waals surface area (Å²) in [5, 5.41) is 11.1. The van der Waals surface area contributed by atoms with Crippen LogP contribution in [0.3, 0.4) is 0 Å². The molecule has 6 nitrogen and oxygen atoms in total. The summed E-state index contributed by atoms with van der Waals surface area (Å²) in [6.45, 7) is 0. The van der Waals surface area contributed by atoms with Crippen molar-refractivity contribution in [2.75, 3.05) is 0 Å². The molecule has 0 fully saturated rings. The highest BCUT2D eigenvalue weighted by Gasteiger charge is 2.32. The van der Waals surface area contributed by atoms with Crippen molar-refractivity contribution in [3.63, 3.8) is 0 Å². The molecule has 1 aliphatic carbocycles. The number of allylic oxidation sites excluding steroid dienone is 1. The number of benzene rings is 3. The third-order valence-electron chi connectivity index (χ3n) is 4.39. The van der Waals surface area contributed by atoms with Crippen LogP contribution in [0.4, 0.5) is 5.69 Å². The summed E-state index contributed by atoms with van der Waals surface area (Å²) < 4.78 is 5.59. The van der Waals surface area contributed by atoms with E-state index >= 15 is 0 Å². The van der Waals surface area contributed by atoms with Crippen LogP contribution in [0.5, 0.6) is 11.5 Å². The molecule has 0 radical (unpaired) electrons. The fourth-order valence-electron chi connectivity index (χ4n) is 3.02. The second kappa shape index (κ2) is 6.92. The van der Waals surface area contributed by atoms with Gasteiger partial charge in [0.15, 0.2) is 11.6 Å². The van der Waals surface area contributed by atoms with Crippen molar-refractivity contribution < 1.29 is 19.2 Å². The highest BCUT2D eigenvalue weighted by molar-refractivity contribution is 6.41. The molecule has 0 amide bonds. The first kappa shape index (κ1) is 17.4. The van der Waals surface area contributed by atoms with Gasteiger partial charge in [0.05, 0.1) is 10.5 Å². The Morgan fingerprint density at radius 2 is 1.36 bits per heavy atom. The zero-order chi connectivity index (χ0) is 19.7. The minimum atomic E-state index is -0.511. The van der Waals surface area contributed by atoms with Crippen molar-refractivity contribution in [3.8, 4) is 11.5 Å². The van der Waals surface area contributed by atoms with Crippen LogP contribution < -0.4 is 4.74 Å². The van der Waals surface area contributed by atoms with Gasteiger partial charge in [0, 0.05) is 17.2 Å². The molecule has 3 aromatic rings. The molecule has 0 spiro atoms. The molecule has 4 rings (SSSR count). The molecule has 136 valence electrons. The van der Waals surface area contributed by atoms with Gasteiger partial charge in [-0.3, -0.25) is 19.7 Å². The third-order valence-corrected chi connectivity index (χ3v) is 4.39. The molecule has 0 N–H and O–H groups in total. The number of hydrogen-bond acceptors (Lipinski definition) is 5. The van der Waals surface area contributed by atoms with Gasteiger partial charge in [0.25, 0.3) is 0 Å². The lowest BCUT2D eigenvalue weighted by molar-refractivity contribution is -0.385. The summed E-state index contributed by atoms with van der Waals surface area (Å²) in [6.07, 6.45) is 1.54. The Kier molecular flexibility index (Phi) is 4.29. The maximum absolute atomic E-state index is 12.4. The van der Waals surface area contributed by atoms with Crippen molar-refractivity contribution in [2.45, 2.75) is 0 Å². The standard InChI is InChI=1S/C22H13NO5/c24-21-16-5-1-2-6-17(16)22(25)18(21)13-14-9-11-15(12-10-14)28-20-8-4-3-7-19(20)23(26)27/h1-13H. The van der Waals surface area contributed by atoms with Gasteiger partial charge in [-0.05, 0) is 29.8 Å². The summed E-state index contributed by atoms with van der Waals surface area (Å²) in [5.74, 6) is -0.0410. The van der Waals surface area contributed by atoms with Gasteiger partial charge in [-0.25, -0.2) is 0 Å². The van der Waals surface area contributed by atoms with E-state index in [1.54, 1.807) is 66.7 Å². The molecule has 0 atom stereocenters. The molecule has 0 aliphatic heterocycles. The van der Waals surface area contributed by atoms with E-state index in [9.17, 15) is 19.7 Å². The minimum Gasteiger partial charge on any atom is -0.450 e. The first-order chi connectivity index (χ1) is 13.5. The summed E-state index contributed by atoms with van der Waals surface area (Å²) in [5.41, 5.74) is 1.46. The van der Waals surface area contributed by atoms with Crippen LogP contribution in [0, 0.1) is 10.1 Å². The molecule has 6 heteroatoms. The Balaban J connectivity index is 1.58. The first-order valence-corrected chi connectivity index (χ1v) is 8.46. The molecule has 0 bridgehead atoms. The van der Waals surface area contributed by atoms with Gasteiger partial charge in [-0.1, -0.05) is 48.5 Å². The topological polar surface area (TPSA) is 86.5 Å². The lowest BCUT2D eigenvalue weighted by Gasteiger charge is -2.06. The van der Waals surface area contributed by atoms with E-state index in [1.807, 2.05) is 0 Å². The first-order valence-electron chi connectivity index (χ1n) is 8.46. The number of nitro groups is 1. The normalized spacial score (nSPS) is 12.6. The van der Waals surface area contributed by atoms with Crippen molar-refractivity contribution in [3.05, 3.63) is 105 Å². The van der Waals surface area contributed by atoms with Crippen LogP contribution in [0.1, 0.15) is 26.3 Å². The molecule has 0 saturated heterocycles. The van der Waals surface area contributed by atoms with E-state index < -0.39 is 4.92 Å². The number of ether oxygens (including phenoxy) is 1. The lowest BCUT2D eigenvalue weighted by atomic mass is 10.1. The molecule has 0 heterocycles. The molecule has 3 aromatic carbocycles. The molecule has 0 saturated carbocycles. The molecular weight excluding hydrogens is 358 g/mol. The number of ketones is 2. The third kappa shape index (κ3) is 3.07. The zero-order valence-electron chi connectivity index (χ0n) is 14.5. The summed E-state index contributed by atoms with van der Waals surface area (Å²) in [7, 11) is 0. The van der Waals surface area contributed by atoms with Gasteiger partial charge >= 0.3 is 5.69 Å². The van der Waals surface area contributed by atoms with Gasteiger partial charge in [0.2, 0.25) is 5.75 Å². The van der Waals surface area contributed by atoms with Crippen LogP contribution >= 0.6 is 0 Å². The van der Waals surface area contributed by atoms with Gasteiger partial charge < -0.3 is 4.74 Å². The monoisotopic (exact) mass is 371 g/mol. The quantitative estimate of drug-likeness (QED) is 0.283. The lowest BCUT2D eigenvalue weighted by Crippen LogP contribution is -2.00. The average molecular weight is 371 g/mol. The fourth-order valence-corrected chi connectivity index (χ4v) is 3.02. The predicted octanol–water partition coefficient (Wildman–Crippen LogP) is 4.85.